The Morgan fingerprint density at radius 2 is 1.93 bits per heavy atom. The topological polar surface area (TPSA) is 69.6 Å². The SMILES string of the molecule is CC.Cc1nc(N)c2ncn(C)c2n1. The van der Waals surface area contributed by atoms with Gasteiger partial charge in [0.1, 0.15) is 11.3 Å². The number of hydrogen-bond donors (Lipinski definition) is 1. The standard InChI is InChI=1S/C7H9N5.C2H6/c1-4-10-6(8)5-7(11-4)12(2)3-9-5;1-2/h3H,1-2H3,(H2,8,10,11);1-2H3. The van der Waals surface area contributed by atoms with Crippen LogP contribution in [0.25, 0.3) is 11.2 Å². The summed E-state index contributed by atoms with van der Waals surface area (Å²) in [5.41, 5.74) is 7.09. The first-order chi connectivity index (χ1) is 6.68. The highest BCUT2D eigenvalue weighted by molar-refractivity contribution is 5.81. The Kier molecular flexibility index (Phi) is 3.01. The van der Waals surface area contributed by atoms with Crippen LogP contribution in [0.5, 0.6) is 0 Å². The van der Waals surface area contributed by atoms with Crippen molar-refractivity contribution >= 4 is 17.0 Å². The van der Waals surface area contributed by atoms with Gasteiger partial charge in [-0.15, -0.1) is 0 Å². The van der Waals surface area contributed by atoms with Crippen LogP contribution in [0.15, 0.2) is 6.33 Å². The van der Waals surface area contributed by atoms with Gasteiger partial charge >= 0.3 is 0 Å². The predicted molar refractivity (Wildman–Crippen MR) is 56.8 cm³/mol. The van der Waals surface area contributed by atoms with Gasteiger partial charge in [0, 0.05) is 7.05 Å². The fourth-order valence-corrected chi connectivity index (χ4v) is 1.14. The molecule has 0 saturated heterocycles. The Bertz CT molecular complexity index is 432. The highest BCUT2D eigenvalue weighted by Gasteiger charge is 2.06. The predicted octanol–water partition coefficient (Wildman–Crippen LogP) is 1.28. The van der Waals surface area contributed by atoms with Gasteiger partial charge in [-0.3, -0.25) is 0 Å². The third kappa shape index (κ3) is 1.66. The summed E-state index contributed by atoms with van der Waals surface area (Å²) in [6, 6.07) is 0. The quantitative estimate of drug-likeness (QED) is 0.684. The molecule has 0 amide bonds. The lowest BCUT2D eigenvalue weighted by molar-refractivity contribution is 0.920. The second-order valence-corrected chi connectivity index (χ2v) is 2.68. The minimum absolute atomic E-state index is 0.443. The van der Waals surface area contributed by atoms with Gasteiger partial charge in [-0.2, -0.15) is 0 Å². The fraction of sp³-hybridized carbons (Fsp3) is 0.444. The number of hydrogen-bond acceptors (Lipinski definition) is 4. The third-order valence-corrected chi connectivity index (χ3v) is 1.70. The zero-order chi connectivity index (χ0) is 10.7. The molecule has 0 fully saturated rings. The molecule has 0 aliphatic rings. The van der Waals surface area contributed by atoms with Crippen LogP contribution in [-0.2, 0) is 7.05 Å². The molecule has 0 aliphatic heterocycles. The maximum atomic E-state index is 5.64. The minimum Gasteiger partial charge on any atom is -0.382 e. The van der Waals surface area contributed by atoms with E-state index in [0.29, 0.717) is 17.2 Å². The van der Waals surface area contributed by atoms with Gasteiger partial charge in [0.15, 0.2) is 11.5 Å². The molecule has 2 aromatic heterocycles. The molecule has 0 aromatic carbocycles. The van der Waals surface area contributed by atoms with Crippen molar-refractivity contribution in [2.45, 2.75) is 20.8 Å². The lowest BCUT2D eigenvalue weighted by Crippen LogP contribution is -1.98. The molecule has 0 atom stereocenters. The first kappa shape index (κ1) is 10.4. The normalized spacial score (nSPS) is 9.71. The first-order valence-corrected chi connectivity index (χ1v) is 4.59. The van der Waals surface area contributed by atoms with E-state index >= 15 is 0 Å². The molecule has 2 heterocycles. The molecule has 0 aliphatic carbocycles. The van der Waals surface area contributed by atoms with Gasteiger partial charge in [-0.05, 0) is 6.92 Å². The van der Waals surface area contributed by atoms with E-state index < -0.39 is 0 Å². The van der Waals surface area contributed by atoms with Gasteiger partial charge in [0.05, 0.1) is 6.33 Å². The van der Waals surface area contributed by atoms with E-state index in [4.69, 9.17) is 5.73 Å². The van der Waals surface area contributed by atoms with Crippen LogP contribution >= 0.6 is 0 Å². The average molecular weight is 193 g/mol. The molecule has 0 bridgehead atoms. The fourth-order valence-electron chi connectivity index (χ4n) is 1.14. The first-order valence-electron chi connectivity index (χ1n) is 4.59. The maximum absolute atomic E-state index is 5.64. The van der Waals surface area contributed by atoms with Crippen LogP contribution in [0.3, 0.4) is 0 Å². The van der Waals surface area contributed by atoms with Gasteiger partial charge < -0.3 is 10.3 Å². The van der Waals surface area contributed by atoms with Crippen LogP contribution in [0.2, 0.25) is 0 Å². The number of rotatable bonds is 0. The summed E-state index contributed by atoms with van der Waals surface area (Å²) in [6.45, 7) is 5.81. The number of aromatic nitrogens is 4. The molecule has 14 heavy (non-hydrogen) atoms. The van der Waals surface area contributed by atoms with Crippen molar-refractivity contribution in [2.24, 2.45) is 7.05 Å². The Hall–Kier alpha value is -1.65. The van der Waals surface area contributed by atoms with Crippen molar-refractivity contribution in [1.29, 1.82) is 0 Å². The van der Waals surface area contributed by atoms with E-state index in [1.165, 1.54) is 0 Å². The molecule has 2 N–H and O–H groups in total. The number of aryl methyl sites for hydroxylation is 2. The Balaban J connectivity index is 0.000000461. The van der Waals surface area contributed by atoms with Gasteiger partial charge in [0.25, 0.3) is 0 Å². The van der Waals surface area contributed by atoms with Crippen molar-refractivity contribution in [3.05, 3.63) is 12.2 Å². The lowest BCUT2D eigenvalue weighted by Gasteiger charge is -1.97. The van der Waals surface area contributed by atoms with E-state index in [1.807, 2.05) is 32.4 Å². The van der Waals surface area contributed by atoms with Crippen molar-refractivity contribution in [2.75, 3.05) is 5.73 Å². The van der Waals surface area contributed by atoms with Crippen molar-refractivity contribution in [3.63, 3.8) is 0 Å². The van der Waals surface area contributed by atoms with Crippen LogP contribution in [-0.4, -0.2) is 19.5 Å². The number of nitrogens with two attached hydrogens (primary N) is 1. The molecule has 2 rings (SSSR count). The maximum Gasteiger partial charge on any atom is 0.165 e. The van der Waals surface area contributed by atoms with Crippen molar-refractivity contribution in [1.82, 2.24) is 19.5 Å². The monoisotopic (exact) mass is 193 g/mol. The molecule has 0 spiro atoms. The number of nitrogens with zero attached hydrogens (tertiary/aromatic N) is 4. The van der Waals surface area contributed by atoms with Gasteiger partial charge in [0.2, 0.25) is 0 Å². The number of fused-ring (bicyclic) bond motifs is 1. The Morgan fingerprint density at radius 1 is 1.29 bits per heavy atom. The van der Waals surface area contributed by atoms with Crippen LogP contribution in [0.1, 0.15) is 19.7 Å². The molecular formula is C9H15N5. The summed E-state index contributed by atoms with van der Waals surface area (Å²) < 4.78 is 1.82. The molecule has 2 aromatic rings. The zero-order valence-electron chi connectivity index (χ0n) is 8.94. The molecule has 0 radical (unpaired) electrons. The Morgan fingerprint density at radius 3 is 2.57 bits per heavy atom. The molecular weight excluding hydrogens is 178 g/mol. The average Bonchev–Trinajstić information content (AvgIpc) is 2.52. The molecule has 5 heteroatoms. The molecule has 0 saturated carbocycles. The minimum atomic E-state index is 0.443. The van der Waals surface area contributed by atoms with E-state index in [2.05, 4.69) is 15.0 Å². The van der Waals surface area contributed by atoms with E-state index in [0.717, 1.165) is 5.65 Å². The number of nitrogen functional groups attached to an aromatic ring is 1. The number of anilines is 1. The third-order valence-electron chi connectivity index (χ3n) is 1.70. The number of imidazole rings is 1. The highest BCUT2D eigenvalue weighted by Crippen LogP contribution is 2.13. The second kappa shape index (κ2) is 4.04. The van der Waals surface area contributed by atoms with Gasteiger partial charge in [-0.1, -0.05) is 13.8 Å². The summed E-state index contributed by atoms with van der Waals surface area (Å²) in [5.74, 6) is 1.11. The zero-order valence-corrected chi connectivity index (χ0v) is 8.94. The second-order valence-electron chi connectivity index (χ2n) is 2.68. The van der Waals surface area contributed by atoms with E-state index in [-0.39, 0.29) is 0 Å². The van der Waals surface area contributed by atoms with Crippen LogP contribution in [0.4, 0.5) is 5.82 Å². The van der Waals surface area contributed by atoms with Crippen LogP contribution in [0, 0.1) is 6.92 Å². The van der Waals surface area contributed by atoms with Crippen molar-refractivity contribution < 1.29 is 0 Å². The summed E-state index contributed by atoms with van der Waals surface area (Å²) in [7, 11) is 1.88. The molecule has 5 nitrogen and oxygen atoms in total. The van der Waals surface area contributed by atoms with E-state index in [1.54, 1.807) is 6.33 Å². The van der Waals surface area contributed by atoms with Crippen LogP contribution < -0.4 is 5.73 Å². The Labute approximate surface area is 83.0 Å². The van der Waals surface area contributed by atoms with Gasteiger partial charge in [-0.25, -0.2) is 15.0 Å². The smallest absolute Gasteiger partial charge is 0.165 e. The lowest BCUT2D eigenvalue weighted by atomic mass is 10.5. The largest absolute Gasteiger partial charge is 0.382 e. The summed E-state index contributed by atoms with van der Waals surface area (Å²) in [4.78, 5) is 12.3. The summed E-state index contributed by atoms with van der Waals surface area (Å²) >= 11 is 0. The molecule has 76 valence electrons. The highest BCUT2D eigenvalue weighted by atomic mass is 15.1. The van der Waals surface area contributed by atoms with E-state index in [9.17, 15) is 0 Å². The summed E-state index contributed by atoms with van der Waals surface area (Å²) in [6.07, 6.45) is 1.68. The van der Waals surface area contributed by atoms with Crippen molar-refractivity contribution in [3.8, 4) is 0 Å². The summed E-state index contributed by atoms with van der Waals surface area (Å²) in [5, 5.41) is 0. The molecule has 0 unspecified atom stereocenters.